The first-order valence-electron chi connectivity index (χ1n) is 6.68. The van der Waals surface area contributed by atoms with E-state index in [2.05, 4.69) is 40.2 Å². The summed E-state index contributed by atoms with van der Waals surface area (Å²) >= 11 is 3.38. The van der Waals surface area contributed by atoms with Crippen LogP contribution >= 0.6 is 15.9 Å². The Morgan fingerprint density at radius 2 is 2.21 bits per heavy atom. The van der Waals surface area contributed by atoms with Crippen LogP contribution in [0.5, 0.6) is 0 Å². The van der Waals surface area contributed by atoms with Crippen LogP contribution in [-0.2, 0) is 11.3 Å². The van der Waals surface area contributed by atoms with Gasteiger partial charge in [-0.2, -0.15) is 5.10 Å². The molecule has 0 atom stereocenters. The lowest BCUT2D eigenvalue weighted by atomic mass is 10.1. The predicted octanol–water partition coefficient (Wildman–Crippen LogP) is 2.25. The molecule has 1 aromatic rings. The molecule has 106 valence electrons. The van der Waals surface area contributed by atoms with Crippen LogP contribution in [0, 0.1) is 5.92 Å². The van der Waals surface area contributed by atoms with E-state index in [-0.39, 0.29) is 5.56 Å². The highest BCUT2D eigenvalue weighted by atomic mass is 79.9. The molecule has 2 heterocycles. The van der Waals surface area contributed by atoms with Gasteiger partial charge in [-0.3, -0.25) is 4.79 Å². The quantitative estimate of drug-likeness (QED) is 0.920. The highest BCUT2D eigenvalue weighted by Crippen LogP contribution is 2.20. The van der Waals surface area contributed by atoms with Crippen molar-refractivity contribution in [2.75, 3.05) is 18.5 Å². The molecule has 0 aromatic carbocycles. The number of nitrogens with zero attached hydrogens (tertiary/aromatic N) is 2. The fourth-order valence-corrected chi connectivity index (χ4v) is 2.52. The fourth-order valence-electron chi connectivity index (χ4n) is 2.10. The van der Waals surface area contributed by atoms with Crippen LogP contribution in [0.1, 0.15) is 26.7 Å². The molecule has 1 aromatic heterocycles. The van der Waals surface area contributed by atoms with Gasteiger partial charge in [-0.1, -0.05) is 13.8 Å². The highest BCUT2D eigenvalue weighted by molar-refractivity contribution is 9.10. The first-order chi connectivity index (χ1) is 9.08. The van der Waals surface area contributed by atoms with Crippen molar-refractivity contribution in [3.63, 3.8) is 0 Å². The molecule has 0 bridgehead atoms. The van der Waals surface area contributed by atoms with Gasteiger partial charge in [0.15, 0.2) is 0 Å². The average molecular weight is 330 g/mol. The Kier molecular flexibility index (Phi) is 4.99. The van der Waals surface area contributed by atoms with E-state index in [4.69, 9.17) is 4.74 Å². The highest BCUT2D eigenvalue weighted by Gasteiger charge is 2.16. The first kappa shape index (κ1) is 14.5. The second kappa shape index (κ2) is 6.52. The molecule has 1 N–H and O–H groups in total. The van der Waals surface area contributed by atoms with Crippen molar-refractivity contribution < 1.29 is 4.74 Å². The third kappa shape index (κ3) is 3.79. The van der Waals surface area contributed by atoms with Crippen LogP contribution in [-0.4, -0.2) is 29.0 Å². The Morgan fingerprint density at radius 3 is 2.84 bits per heavy atom. The third-order valence-electron chi connectivity index (χ3n) is 3.10. The zero-order valence-electron chi connectivity index (χ0n) is 11.4. The molecule has 0 aliphatic carbocycles. The molecule has 2 rings (SSSR count). The van der Waals surface area contributed by atoms with Gasteiger partial charge in [-0.05, 0) is 34.7 Å². The van der Waals surface area contributed by atoms with Crippen molar-refractivity contribution in [1.82, 2.24) is 9.78 Å². The molecule has 0 saturated carbocycles. The Morgan fingerprint density at radius 1 is 1.53 bits per heavy atom. The van der Waals surface area contributed by atoms with Crippen molar-refractivity contribution in [1.29, 1.82) is 0 Å². The van der Waals surface area contributed by atoms with Gasteiger partial charge in [0, 0.05) is 25.8 Å². The third-order valence-corrected chi connectivity index (χ3v) is 3.87. The Labute approximate surface area is 121 Å². The molecule has 1 aliphatic heterocycles. The minimum atomic E-state index is -0.0780. The van der Waals surface area contributed by atoms with Crippen LogP contribution in [0.2, 0.25) is 0 Å². The van der Waals surface area contributed by atoms with Crippen LogP contribution in [0.3, 0.4) is 0 Å². The number of halogens is 1. The van der Waals surface area contributed by atoms with Crippen molar-refractivity contribution in [3.05, 3.63) is 21.0 Å². The van der Waals surface area contributed by atoms with Crippen molar-refractivity contribution in [3.8, 4) is 0 Å². The summed E-state index contributed by atoms with van der Waals surface area (Å²) < 4.78 is 7.39. The SMILES string of the molecule is CC(C)Cn1ncc(NC2CCOCC2)c(Br)c1=O. The van der Waals surface area contributed by atoms with Gasteiger partial charge in [-0.15, -0.1) is 0 Å². The summed E-state index contributed by atoms with van der Waals surface area (Å²) in [5.74, 6) is 0.395. The molecule has 5 nitrogen and oxygen atoms in total. The van der Waals surface area contributed by atoms with Gasteiger partial charge in [0.25, 0.3) is 5.56 Å². The van der Waals surface area contributed by atoms with Gasteiger partial charge < -0.3 is 10.1 Å². The molecular weight excluding hydrogens is 310 g/mol. The summed E-state index contributed by atoms with van der Waals surface area (Å²) in [6, 6.07) is 0.354. The number of ether oxygens (including phenoxy) is 1. The normalized spacial score (nSPS) is 16.8. The predicted molar refractivity (Wildman–Crippen MR) is 78.5 cm³/mol. The summed E-state index contributed by atoms with van der Waals surface area (Å²) in [7, 11) is 0. The maximum Gasteiger partial charge on any atom is 0.283 e. The van der Waals surface area contributed by atoms with Crippen LogP contribution in [0.25, 0.3) is 0 Å². The largest absolute Gasteiger partial charge is 0.381 e. The van der Waals surface area contributed by atoms with Crippen molar-refractivity contribution in [2.45, 2.75) is 39.3 Å². The first-order valence-corrected chi connectivity index (χ1v) is 7.47. The van der Waals surface area contributed by atoms with Gasteiger partial charge in [0.1, 0.15) is 4.47 Å². The zero-order chi connectivity index (χ0) is 13.8. The van der Waals surface area contributed by atoms with E-state index in [0.717, 1.165) is 31.7 Å². The second-order valence-corrected chi connectivity index (χ2v) is 6.08. The Bertz CT molecular complexity index is 481. The molecule has 19 heavy (non-hydrogen) atoms. The number of hydrogen-bond acceptors (Lipinski definition) is 4. The molecule has 6 heteroatoms. The van der Waals surface area contributed by atoms with E-state index in [9.17, 15) is 4.79 Å². The van der Waals surface area contributed by atoms with E-state index < -0.39 is 0 Å². The van der Waals surface area contributed by atoms with E-state index in [1.54, 1.807) is 6.20 Å². The average Bonchev–Trinajstić information content (AvgIpc) is 2.39. The molecule has 1 fully saturated rings. The minimum Gasteiger partial charge on any atom is -0.381 e. The molecule has 0 amide bonds. The van der Waals surface area contributed by atoms with E-state index in [1.807, 2.05) is 0 Å². The lowest BCUT2D eigenvalue weighted by Gasteiger charge is -2.24. The van der Waals surface area contributed by atoms with Crippen LogP contribution in [0.4, 0.5) is 5.69 Å². The lowest BCUT2D eigenvalue weighted by Crippen LogP contribution is -2.31. The topological polar surface area (TPSA) is 56.1 Å². The van der Waals surface area contributed by atoms with Gasteiger partial charge in [-0.25, -0.2) is 4.68 Å². The number of anilines is 1. The van der Waals surface area contributed by atoms with Gasteiger partial charge in [0.05, 0.1) is 11.9 Å². The van der Waals surface area contributed by atoms with Gasteiger partial charge in [0.2, 0.25) is 0 Å². The molecule has 0 spiro atoms. The molecular formula is C13H20BrN3O2. The molecule has 0 radical (unpaired) electrons. The van der Waals surface area contributed by atoms with E-state index in [0.29, 0.717) is 23.0 Å². The van der Waals surface area contributed by atoms with Gasteiger partial charge >= 0.3 is 0 Å². The maximum absolute atomic E-state index is 12.2. The summed E-state index contributed by atoms with van der Waals surface area (Å²) in [6.45, 7) is 6.31. The minimum absolute atomic E-state index is 0.0780. The maximum atomic E-state index is 12.2. The smallest absolute Gasteiger partial charge is 0.283 e. The van der Waals surface area contributed by atoms with E-state index in [1.165, 1.54) is 4.68 Å². The standard InChI is InChI=1S/C13H20BrN3O2/c1-9(2)8-17-13(18)12(14)11(7-15-17)16-10-3-5-19-6-4-10/h7,9-10,16H,3-6,8H2,1-2H3. The molecule has 1 saturated heterocycles. The number of aromatic nitrogens is 2. The van der Waals surface area contributed by atoms with E-state index >= 15 is 0 Å². The van der Waals surface area contributed by atoms with Crippen molar-refractivity contribution in [2.24, 2.45) is 5.92 Å². The molecule has 0 unspecified atom stereocenters. The second-order valence-electron chi connectivity index (χ2n) is 5.28. The monoisotopic (exact) mass is 329 g/mol. The zero-order valence-corrected chi connectivity index (χ0v) is 12.9. The Hall–Kier alpha value is -0.880. The fraction of sp³-hybridized carbons (Fsp3) is 0.692. The summed E-state index contributed by atoms with van der Waals surface area (Å²) in [5, 5.41) is 7.59. The summed E-state index contributed by atoms with van der Waals surface area (Å²) in [6.07, 6.45) is 3.65. The Balaban J connectivity index is 2.13. The van der Waals surface area contributed by atoms with Crippen molar-refractivity contribution >= 4 is 21.6 Å². The number of rotatable bonds is 4. The van der Waals surface area contributed by atoms with Crippen LogP contribution in [0.15, 0.2) is 15.5 Å². The molecule has 1 aliphatic rings. The number of hydrogen-bond donors (Lipinski definition) is 1. The number of nitrogens with one attached hydrogen (secondary N) is 1. The lowest BCUT2D eigenvalue weighted by molar-refractivity contribution is 0.0904. The van der Waals surface area contributed by atoms with Crippen LogP contribution < -0.4 is 10.9 Å². The summed E-state index contributed by atoms with van der Waals surface area (Å²) in [4.78, 5) is 12.2. The summed E-state index contributed by atoms with van der Waals surface area (Å²) in [5.41, 5.74) is 0.697.